The topological polar surface area (TPSA) is 62.9 Å². The number of nitrogen functional groups attached to an aromatic ring is 1. The zero-order valence-corrected chi connectivity index (χ0v) is 12.2. The predicted molar refractivity (Wildman–Crippen MR) is 81.4 cm³/mol. The van der Waals surface area contributed by atoms with Crippen molar-refractivity contribution < 1.29 is 18.9 Å². The Morgan fingerprint density at radius 1 is 0.810 bits per heavy atom. The number of benzene rings is 2. The van der Waals surface area contributed by atoms with Crippen LogP contribution in [-0.2, 0) is 0 Å². The monoisotopic (exact) mass is 289 g/mol. The number of para-hydroxylation sites is 1. The summed E-state index contributed by atoms with van der Waals surface area (Å²) in [4.78, 5) is 0. The van der Waals surface area contributed by atoms with Crippen molar-refractivity contribution in [2.24, 2.45) is 0 Å². The minimum Gasteiger partial charge on any atom is -0.493 e. The molecule has 5 nitrogen and oxygen atoms in total. The molecule has 0 spiro atoms. The predicted octanol–water partition coefficient (Wildman–Crippen LogP) is 2.74. The van der Waals surface area contributed by atoms with E-state index in [0.29, 0.717) is 36.1 Å². The van der Waals surface area contributed by atoms with Gasteiger partial charge in [-0.2, -0.15) is 0 Å². The third kappa shape index (κ3) is 3.95. The fraction of sp³-hybridized carbons (Fsp3) is 0.250. The Balaban J connectivity index is 1.87. The summed E-state index contributed by atoms with van der Waals surface area (Å²) < 4.78 is 21.7. The lowest BCUT2D eigenvalue weighted by Crippen LogP contribution is -2.09. The van der Waals surface area contributed by atoms with Gasteiger partial charge in [-0.05, 0) is 36.4 Å². The average molecular weight is 289 g/mol. The second-order valence-corrected chi connectivity index (χ2v) is 4.26. The first-order valence-corrected chi connectivity index (χ1v) is 6.56. The van der Waals surface area contributed by atoms with Crippen LogP contribution in [0.2, 0.25) is 0 Å². The normalized spacial score (nSPS) is 10.0. The van der Waals surface area contributed by atoms with E-state index >= 15 is 0 Å². The van der Waals surface area contributed by atoms with Gasteiger partial charge in [-0.15, -0.1) is 0 Å². The maximum absolute atomic E-state index is 5.66. The average Bonchev–Trinajstić information content (AvgIpc) is 2.52. The van der Waals surface area contributed by atoms with Gasteiger partial charge in [0.15, 0.2) is 11.5 Å². The smallest absolute Gasteiger partial charge is 0.203 e. The van der Waals surface area contributed by atoms with Gasteiger partial charge in [-0.3, -0.25) is 0 Å². The molecule has 0 heterocycles. The maximum atomic E-state index is 5.66. The van der Waals surface area contributed by atoms with E-state index in [1.807, 2.05) is 30.3 Å². The van der Waals surface area contributed by atoms with Gasteiger partial charge in [0.05, 0.1) is 14.2 Å². The summed E-state index contributed by atoms with van der Waals surface area (Å²) in [6, 6.07) is 12.7. The third-order valence-corrected chi connectivity index (χ3v) is 2.86. The first-order valence-electron chi connectivity index (χ1n) is 6.56. The molecule has 0 amide bonds. The van der Waals surface area contributed by atoms with Crippen LogP contribution in [-0.4, -0.2) is 27.4 Å². The Kier molecular flexibility index (Phi) is 5.15. The van der Waals surface area contributed by atoms with E-state index in [0.717, 1.165) is 5.75 Å². The standard InChI is InChI=1S/C16H19NO4/c1-18-14-4-3-5-15(16(14)19-2)21-11-10-20-13-8-6-12(17)7-9-13/h3-9H,10-11,17H2,1-2H3. The van der Waals surface area contributed by atoms with Gasteiger partial charge in [-0.25, -0.2) is 0 Å². The summed E-state index contributed by atoms with van der Waals surface area (Å²) in [7, 11) is 3.17. The summed E-state index contributed by atoms with van der Waals surface area (Å²) in [5, 5.41) is 0. The molecule has 0 radical (unpaired) electrons. The van der Waals surface area contributed by atoms with E-state index < -0.39 is 0 Å². The van der Waals surface area contributed by atoms with E-state index in [9.17, 15) is 0 Å². The van der Waals surface area contributed by atoms with Crippen LogP contribution in [0.25, 0.3) is 0 Å². The van der Waals surface area contributed by atoms with Crippen LogP contribution < -0.4 is 24.7 Å². The van der Waals surface area contributed by atoms with Crippen molar-refractivity contribution in [3.05, 3.63) is 42.5 Å². The van der Waals surface area contributed by atoms with Crippen LogP contribution in [0, 0.1) is 0 Å². The van der Waals surface area contributed by atoms with Crippen LogP contribution in [0.15, 0.2) is 42.5 Å². The number of nitrogens with two attached hydrogens (primary N) is 1. The molecule has 0 aliphatic carbocycles. The number of hydrogen-bond donors (Lipinski definition) is 1. The summed E-state index contributed by atoms with van der Waals surface area (Å²) in [6.07, 6.45) is 0. The molecular formula is C16H19NO4. The molecule has 2 rings (SSSR count). The maximum Gasteiger partial charge on any atom is 0.203 e. The molecule has 0 fully saturated rings. The van der Waals surface area contributed by atoms with E-state index in [1.54, 1.807) is 26.4 Å². The third-order valence-electron chi connectivity index (χ3n) is 2.86. The molecule has 0 saturated heterocycles. The second kappa shape index (κ2) is 7.28. The summed E-state index contributed by atoms with van der Waals surface area (Å²) >= 11 is 0. The molecule has 2 aromatic carbocycles. The van der Waals surface area contributed by atoms with Gasteiger partial charge in [0, 0.05) is 5.69 Å². The number of hydrogen-bond acceptors (Lipinski definition) is 5. The summed E-state index contributed by atoms with van der Waals surface area (Å²) in [5.41, 5.74) is 6.32. The molecule has 2 N–H and O–H groups in total. The van der Waals surface area contributed by atoms with E-state index in [2.05, 4.69) is 0 Å². The number of anilines is 1. The zero-order chi connectivity index (χ0) is 15.1. The van der Waals surface area contributed by atoms with Crippen LogP contribution >= 0.6 is 0 Å². The highest BCUT2D eigenvalue weighted by Gasteiger charge is 2.10. The minimum atomic E-state index is 0.397. The molecule has 0 atom stereocenters. The van der Waals surface area contributed by atoms with Gasteiger partial charge in [0.2, 0.25) is 5.75 Å². The second-order valence-electron chi connectivity index (χ2n) is 4.26. The molecule has 0 aliphatic heterocycles. The molecule has 5 heteroatoms. The number of ether oxygens (including phenoxy) is 4. The van der Waals surface area contributed by atoms with Gasteiger partial charge in [-0.1, -0.05) is 6.07 Å². The van der Waals surface area contributed by atoms with Crippen molar-refractivity contribution in [2.75, 3.05) is 33.2 Å². The van der Waals surface area contributed by atoms with Crippen molar-refractivity contribution in [3.8, 4) is 23.0 Å². The number of methoxy groups -OCH3 is 2. The molecule has 0 unspecified atom stereocenters. The van der Waals surface area contributed by atoms with E-state index in [4.69, 9.17) is 24.7 Å². The van der Waals surface area contributed by atoms with Crippen LogP contribution in [0.1, 0.15) is 0 Å². The molecule has 2 aromatic rings. The highest BCUT2D eigenvalue weighted by atomic mass is 16.5. The van der Waals surface area contributed by atoms with E-state index in [1.165, 1.54) is 0 Å². The lowest BCUT2D eigenvalue weighted by atomic mass is 10.3. The molecule has 0 aromatic heterocycles. The Bertz CT molecular complexity index is 569. The molecule has 112 valence electrons. The fourth-order valence-corrected chi connectivity index (χ4v) is 1.85. The van der Waals surface area contributed by atoms with Crippen molar-refractivity contribution in [3.63, 3.8) is 0 Å². The Labute approximate surface area is 124 Å². The van der Waals surface area contributed by atoms with Crippen LogP contribution in [0.4, 0.5) is 5.69 Å². The zero-order valence-electron chi connectivity index (χ0n) is 12.2. The van der Waals surface area contributed by atoms with Crippen molar-refractivity contribution >= 4 is 5.69 Å². The SMILES string of the molecule is COc1cccc(OCCOc2ccc(N)cc2)c1OC. The Morgan fingerprint density at radius 3 is 2.14 bits per heavy atom. The Hall–Kier alpha value is -2.56. The van der Waals surface area contributed by atoms with Gasteiger partial charge in [0.25, 0.3) is 0 Å². The fourth-order valence-electron chi connectivity index (χ4n) is 1.85. The molecular weight excluding hydrogens is 270 g/mol. The molecule has 0 aliphatic rings. The lowest BCUT2D eigenvalue weighted by molar-refractivity contribution is 0.209. The quantitative estimate of drug-likeness (QED) is 0.627. The largest absolute Gasteiger partial charge is 0.493 e. The first-order chi connectivity index (χ1) is 10.2. The lowest BCUT2D eigenvalue weighted by Gasteiger charge is -2.13. The summed E-state index contributed by atoms with van der Waals surface area (Å²) in [6.45, 7) is 0.818. The van der Waals surface area contributed by atoms with Crippen LogP contribution in [0.5, 0.6) is 23.0 Å². The van der Waals surface area contributed by atoms with Crippen LogP contribution in [0.3, 0.4) is 0 Å². The first kappa shape index (κ1) is 14.8. The van der Waals surface area contributed by atoms with Crippen molar-refractivity contribution in [2.45, 2.75) is 0 Å². The highest BCUT2D eigenvalue weighted by molar-refractivity contribution is 5.51. The van der Waals surface area contributed by atoms with Crippen molar-refractivity contribution in [1.29, 1.82) is 0 Å². The minimum absolute atomic E-state index is 0.397. The van der Waals surface area contributed by atoms with Gasteiger partial charge >= 0.3 is 0 Å². The molecule has 21 heavy (non-hydrogen) atoms. The highest BCUT2D eigenvalue weighted by Crippen LogP contribution is 2.36. The number of rotatable bonds is 7. The van der Waals surface area contributed by atoms with Crippen molar-refractivity contribution in [1.82, 2.24) is 0 Å². The van der Waals surface area contributed by atoms with Gasteiger partial charge in [0.1, 0.15) is 19.0 Å². The Morgan fingerprint density at radius 2 is 1.48 bits per heavy atom. The molecule has 0 saturated carbocycles. The van der Waals surface area contributed by atoms with E-state index in [-0.39, 0.29) is 0 Å². The van der Waals surface area contributed by atoms with Gasteiger partial charge < -0.3 is 24.7 Å². The summed E-state index contributed by atoms with van der Waals surface area (Å²) in [5.74, 6) is 2.59. The molecule has 0 bridgehead atoms.